The van der Waals surface area contributed by atoms with Crippen molar-refractivity contribution in [3.05, 3.63) is 17.7 Å². The average Bonchev–Trinajstić information content (AvgIpc) is 2.76. The van der Waals surface area contributed by atoms with Crippen LogP contribution in [-0.2, 0) is 22.3 Å². The van der Waals surface area contributed by atoms with E-state index in [-0.39, 0.29) is 10.6 Å². The van der Waals surface area contributed by atoms with Crippen molar-refractivity contribution < 1.29 is 9.16 Å². The fraction of sp³-hybridized carbons (Fsp3) is 0.842. The molecule has 0 aromatic carbocycles. The lowest BCUT2D eigenvalue weighted by molar-refractivity contribution is 0.0676. The van der Waals surface area contributed by atoms with Crippen LogP contribution in [0.25, 0.3) is 0 Å². The predicted octanol–water partition coefficient (Wildman–Crippen LogP) is 5.34. The Balaban J connectivity index is 3.00. The molecular formula is C19H38N2O2Si. The molecule has 24 heavy (non-hydrogen) atoms. The number of ether oxygens (including phenoxy) is 1. The highest BCUT2D eigenvalue weighted by molar-refractivity contribution is 6.74. The number of hydrogen-bond acceptors (Lipinski definition) is 3. The number of rotatable bonds is 8. The molecule has 0 N–H and O–H groups in total. The van der Waals surface area contributed by atoms with Gasteiger partial charge < -0.3 is 13.7 Å². The molecule has 0 aliphatic rings. The molecule has 1 heterocycles. The Bertz CT molecular complexity index is 528. The first-order valence-corrected chi connectivity index (χ1v) is 12.0. The molecular weight excluding hydrogens is 316 g/mol. The lowest BCUT2D eigenvalue weighted by Gasteiger charge is -2.43. The van der Waals surface area contributed by atoms with E-state index in [1.807, 2.05) is 6.92 Å². The Morgan fingerprint density at radius 2 is 1.75 bits per heavy atom. The van der Waals surface area contributed by atoms with Crippen LogP contribution in [0.5, 0.6) is 0 Å². The van der Waals surface area contributed by atoms with Crippen LogP contribution in [0.15, 0.2) is 6.20 Å². The Morgan fingerprint density at radius 1 is 1.17 bits per heavy atom. The molecule has 0 amide bonds. The summed E-state index contributed by atoms with van der Waals surface area (Å²) in [5, 5.41) is 0.205. The molecule has 4 nitrogen and oxygen atoms in total. The van der Waals surface area contributed by atoms with Crippen LogP contribution in [0.1, 0.15) is 72.8 Å². The fourth-order valence-corrected chi connectivity index (χ4v) is 4.24. The number of nitrogens with zero attached hydrogens (tertiary/aromatic N) is 2. The second-order valence-electron chi connectivity index (χ2n) is 9.12. The van der Waals surface area contributed by atoms with Crippen molar-refractivity contribution in [3.63, 3.8) is 0 Å². The van der Waals surface area contributed by atoms with Gasteiger partial charge in [-0.1, -0.05) is 34.6 Å². The molecule has 5 heteroatoms. The van der Waals surface area contributed by atoms with Crippen LogP contribution in [0.3, 0.4) is 0 Å². The van der Waals surface area contributed by atoms with Crippen LogP contribution in [0.2, 0.25) is 18.1 Å². The molecule has 0 bridgehead atoms. The van der Waals surface area contributed by atoms with Gasteiger partial charge in [-0.3, -0.25) is 0 Å². The summed E-state index contributed by atoms with van der Waals surface area (Å²) in [6, 6.07) is 0. The second-order valence-corrected chi connectivity index (χ2v) is 13.8. The van der Waals surface area contributed by atoms with E-state index in [0.29, 0.717) is 19.1 Å². The summed E-state index contributed by atoms with van der Waals surface area (Å²) in [4.78, 5) is 4.77. The zero-order valence-corrected chi connectivity index (χ0v) is 18.5. The summed E-state index contributed by atoms with van der Waals surface area (Å²) in [5.41, 5.74) is 0.881. The Hall–Kier alpha value is -0.653. The molecule has 0 fully saturated rings. The largest absolute Gasteiger partial charge is 0.410 e. The molecule has 0 unspecified atom stereocenters. The summed E-state index contributed by atoms with van der Waals surface area (Å²) in [6.07, 6.45) is 2.16. The van der Waals surface area contributed by atoms with Gasteiger partial charge in [0.05, 0.1) is 17.8 Å². The summed E-state index contributed by atoms with van der Waals surface area (Å²) in [7, 11) is -1.82. The summed E-state index contributed by atoms with van der Waals surface area (Å²) >= 11 is 0. The third kappa shape index (κ3) is 5.71. The van der Waals surface area contributed by atoms with Gasteiger partial charge in [-0.25, -0.2) is 4.98 Å². The molecule has 0 spiro atoms. The summed E-state index contributed by atoms with van der Waals surface area (Å²) < 4.78 is 14.5. The van der Waals surface area contributed by atoms with Crippen molar-refractivity contribution >= 4 is 8.32 Å². The highest BCUT2D eigenvalue weighted by Gasteiger charge is 2.41. The third-order valence-corrected chi connectivity index (χ3v) is 9.47. The Morgan fingerprint density at radius 3 is 2.21 bits per heavy atom. The van der Waals surface area contributed by atoms with Gasteiger partial charge in [0.2, 0.25) is 0 Å². The molecule has 0 saturated carbocycles. The van der Waals surface area contributed by atoms with E-state index in [9.17, 15) is 0 Å². The summed E-state index contributed by atoms with van der Waals surface area (Å²) in [5.74, 6) is 1.41. The van der Waals surface area contributed by atoms with Gasteiger partial charge in [0.25, 0.3) is 0 Å². The molecule has 140 valence electrons. The van der Waals surface area contributed by atoms with Crippen LogP contribution in [0.4, 0.5) is 0 Å². The van der Waals surface area contributed by atoms with E-state index < -0.39 is 8.32 Å². The average molecular weight is 355 g/mol. The van der Waals surface area contributed by atoms with Gasteiger partial charge >= 0.3 is 0 Å². The highest BCUT2D eigenvalue weighted by Crippen LogP contribution is 2.39. The number of hydrogen-bond donors (Lipinski definition) is 0. The minimum Gasteiger partial charge on any atom is -0.410 e. The minimum absolute atomic E-state index is 0.205. The maximum absolute atomic E-state index is 6.67. The van der Waals surface area contributed by atoms with Crippen molar-refractivity contribution in [1.29, 1.82) is 0 Å². The quantitative estimate of drug-likeness (QED) is 0.591. The smallest absolute Gasteiger partial charge is 0.192 e. The van der Waals surface area contributed by atoms with Crippen molar-refractivity contribution in [1.82, 2.24) is 9.55 Å². The zero-order valence-electron chi connectivity index (χ0n) is 17.5. The maximum atomic E-state index is 6.67. The van der Waals surface area contributed by atoms with E-state index in [0.717, 1.165) is 18.1 Å². The Labute approximate surface area is 150 Å². The van der Waals surface area contributed by atoms with Crippen LogP contribution >= 0.6 is 0 Å². The minimum atomic E-state index is -1.82. The second kappa shape index (κ2) is 7.71. The summed E-state index contributed by atoms with van der Waals surface area (Å²) in [6.45, 7) is 24.3. The van der Waals surface area contributed by atoms with Crippen molar-refractivity contribution in [2.75, 3.05) is 6.61 Å². The molecule has 0 atom stereocenters. The molecule has 0 radical (unpaired) electrons. The van der Waals surface area contributed by atoms with Gasteiger partial charge in [0.15, 0.2) is 8.32 Å². The highest BCUT2D eigenvalue weighted by atomic mass is 28.4. The molecule has 1 rings (SSSR count). The molecule has 0 aliphatic carbocycles. The number of aromatic nitrogens is 2. The van der Waals surface area contributed by atoms with Crippen molar-refractivity contribution in [3.8, 4) is 0 Å². The fourth-order valence-electron chi connectivity index (χ4n) is 2.49. The normalized spacial score (nSPS) is 13.8. The SMILES string of the molecule is CCOCc1nc(C(C)C)cn1CC(C)(C)O[Si](C)(C)C(C)(C)C. The van der Waals surface area contributed by atoms with Crippen molar-refractivity contribution in [2.24, 2.45) is 0 Å². The number of imidazole rings is 1. The molecule has 0 saturated heterocycles. The van der Waals surface area contributed by atoms with E-state index in [1.54, 1.807) is 0 Å². The lowest BCUT2D eigenvalue weighted by atomic mass is 10.1. The monoisotopic (exact) mass is 354 g/mol. The van der Waals surface area contributed by atoms with E-state index in [4.69, 9.17) is 14.1 Å². The molecule has 1 aromatic rings. The van der Waals surface area contributed by atoms with Crippen LogP contribution < -0.4 is 0 Å². The van der Waals surface area contributed by atoms with Gasteiger partial charge in [0.1, 0.15) is 12.4 Å². The first-order chi connectivity index (χ1) is 10.8. The topological polar surface area (TPSA) is 36.3 Å². The molecule has 0 aliphatic heterocycles. The maximum Gasteiger partial charge on any atom is 0.192 e. The Kier molecular flexibility index (Phi) is 6.87. The first-order valence-electron chi connectivity index (χ1n) is 9.13. The van der Waals surface area contributed by atoms with Crippen LogP contribution in [0, 0.1) is 0 Å². The third-order valence-electron chi connectivity index (χ3n) is 4.79. The standard InChI is InChI=1S/C19H38N2O2Si/c1-11-22-13-17-20-16(15(2)3)12-21(17)14-19(7,8)23-24(9,10)18(4,5)6/h12,15H,11,13-14H2,1-10H3. The van der Waals surface area contributed by atoms with E-state index in [2.05, 4.69) is 72.3 Å². The van der Waals surface area contributed by atoms with Gasteiger partial charge in [-0.2, -0.15) is 0 Å². The van der Waals surface area contributed by atoms with Crippen molar-refractivity contribution in [2.45, 2.75) is 98.2 Å². The van der Waals surface area contributed by atoms with Gasteiger partial charge in [-0.15, -0.1) is 0 Å². The van der Waals surface area contributed by atoms with Gasteiger partial charge in [0, 0.05) is 12.8 Å². The van der Waals surface area contributed by atoms with Crippen LogP contribution in [-0.4, -0.2) is 30.1 Å². The predicted molar refractivity (Wildman–Crippen MR) is 104 cm³/mol. The van der Waals surface area contributed by atoms with E-state index >= 15 is 0 Å². The lowest BCUT2D eigenvalue weighted by Crippen LogP contribution is -2.49. The molecule has 1 aromatic heterocycles. The van der Waals surface area contributed by atoms with Gasteiger partial charge in [-0.05, 0) is 44.8 Å². The van der Waals surface area contributed by atoms with E-state index in [1.165, 1.54) is 0 Å². The zero-order chi connectivity index (χ0) is 18.8. The first kappa shape index (κ1) is 21.4.